The third-order valence-electron chi connectivity index (χ3n) is 3.32. The minimum absolute atomic E-state index is 0. The van der Waals surface area contributed by atoms with Gasteiger partial charge in [-0.2, -0.15) is 5.10 Å². The van der Waals surface area contributed by atoms with E-state index in [4.69, 9.17) is 16.2 Å². The lowest BCUT2D eigenvalue weighted by atomic mass is 10.1. The molecule has 0 saturated heterocycles. The van der Waals surface area contributed by atoms with Crippen LogP contribution in [0.4, 0.5) is 0 Å². The summed E-state index contributed by atoms with van der Waals surface area (Å²) in [7, 11) is 0. The minimum atomic E-state index is -0.136. The van der Waals surface area contributed by atoms with Crippen LogP contribution in [-0.4, -0.2) is 16.8 Å². The summed E-state index contributed by atoms with van der Waals surface area (Å²) in [6.07, 6.45) is 0. The number of benzene rings is 2. The summed E-state index contributed by atoms with van der Waals surface area (Å²) >= 11 is 0. The van der Waals surface area contributed by atoms with Crippen LogP contribution in [0.25, 0.3) is 0 Å². The van der Waals surface area contributed by atoms with Gasteiger partial charge in [0, 0.05) is 11.1 Å². The summed E-state index contributed by atoms with van der Waals surface area (Å²) in [5, 5.41) is 17.8. The van der Waals surface area contributed by atoms with Gasteiger partial charge in [0.1, 0.15) is 18.1 Å². The van der Waals surface area contributed by atoms with Crippen LogP contribution in [0.15, 0.2) is 52.7 Å². The maximum absolute atomic E-state index is 10.3. The molecule has 6 nitrogen and oxygen atoms in total. The molecule has 7 heteroatoms. The Bertz CT molecular complexity index is 742. The number of guanidine groups is 1. The van der Waals surface area contributed by atoms with Crippen LogP contribution in [0.2, 0.25) is 0 Å². The summed E-state index contributed by atoms with van der Waals surface area (Å²) in [6, 6.07) is 13.3. The van der Waals surface area contributed by atoms with Crippen LogP contribution >= 0.6 is 12.4 Å². The molecule has 2 rings (SSSR count). The number of rotatable bonds is 5. The van der Waals surface area contributed by atoms with Crippen molar-refractivity contribution < 1.29 is 9.84 Å². The van der Waals surface area contributed by atoms with Crippen LogP contribution in [0.5, 0.6) is 11.5 Å². The minimum Gasteiger partial charge on any atom is -0.507 e. The molecule has 5 N–H and O–H groups in total. The maximum atomic E-state index is 10.3. The molecule has 0 spiro atoms. The lowest BCUT2D eigenvalue weighted by Crippen LogP contribution is -2.22. The first kappa shape index (κ1) is 19.3. The molecule has 128 valence electrons. The molecule has 0 bridgehead atoms. The molecule has 0 heterocycles. The molecule has 0 fully saturated rings. The number of nitrogens with two attached hydrogens (primary N) is 2. The van der Waals surface area contributed by atoms with Gasteiger partial charge in [-0.3, -0.25) is 0 Å². The van der Waals surface area contributed by atoms with E-state index in [0.717, 1.165) is 5.56 Å². The van der Waals surface area contributed by atoms with Crippen molar-refractivity contribution in [2.75, 3.05) is 0 Å². The summed E-state index contributed by atoms with van der Waals surface area (Å²) in [4.78, 5) is 0. The Labute approximate surface area is 147 Å². The van der Waals surface area contributed by atoms with Crippen molar-refractivity contribution in [3.05, 3.63) is 59.2 Å². The highest BCUT2D eigenvalue weighted by Gasteiger charge is 2.12. The van der Waals surface area contributed by atoms with Gasteiger partial charge in [-0.15, -0.1) is 17.5 Å². The van der Waals surface area contributed by atoms with E-state index >= 15 is 0 Å². The lowest BCUT2D eigenvalue weighted by molar-refractivity contribution is 0.302. The van der Waals surface area contributed by atoms with E-state index in [1.54, 1.807) is 26.0 Å². The van der Waals surface area contributed by atoms with Gasteiger partial charge in [0.25, 0.3) is 0 Å². The highest BCUT2D eigenvalue weighted by molar-refractivity contribution is 6.01. The number of phenolic OH excluding ortho intramolecular Hbond substituents is 1. The maximum Gasteiger partial charge on any atom is 0.211 e. The second-order valence-corrected chi connectivity index (χ2v) is 5.07. The van der Waals surface area contributed by atoms with Crippen molar-refractivity contribution in [3.8, 4) is 11.5 Å². The van der Waals surface area contributed by atoms with Crippen molar-refractivity contribution in [2.45, 2.75) is 20.5 Å². The van der Waals surface area contributed by atoms with E-state index in [2.05, 4.69) is 10.2 Å². The van der Waals surface area contributed by atoms with Crippen molar-refractivity contribution in [2.24, 2.45) is 21.7 Å². The monoisotopic (exact) mass is 348 g/mol. The Morgan fingerprint density at radius 3 is 2.38 bits per heavy atom. The van der Waals surface area contributed by atoms with Crippen LogP contribution < -0.4 is 16.2 Å². The molecule has 0 aliphatic heterocycles. The number of halogens is 1. The van der Waals surface area contributed by atoms with E-state index < -0.39 is 0 Å². The van der Waals surface area contributed by atoms with Crippen molar-refractivity contribution >= 4 is 24.1 Å². The number of hydrogen-bond acceptors (Lipinski definition) is 4. The van der Waals surface area contributed by atoms with E-state index in [9.17, 15) is 5.11 Å². The van der Waals surface area contributed by atoms with Gasteiger partial charge in [-0.1, -0.05) is 30.3 Å². The third kappa shape index (κ3) is 4.89. The fraction of sp³-hybridized carbons (Fsp3) is 0.176. The smallest absolute Gasteiger partial charge is 0.211 e. The van der Waals surface area contributed by atoms with Gasteiger partial charge in [0.2, 0.25) is 5.96 Å². The number of ether oxygens (including phenoxy) is 1. The Morgan fingerprint density at radius 2 is 1.75 bits per heavy atom. The van der Waals surface area contributed by atoms with Gasteiger partial charge in [-0.05, 0) is 31.5 Å². The molecule has 0 aliphatic rings. The van der Waals surface area contributed by atoms with Crippen LogP contribution in [0, 0.1) is 6.92 Å². The van der Waals surface area contributed by atoms with E-state index in [1.807, 2.05) is 30.3 Å². The van der Waals surface area contributed by atoms with Crippen LogP contribution in [0.1, 0.15) is 23.6 Å². The molecule has 0 amide bonds. The van der Waals surface area contributed by atoms with E-state index in [0.29, 0.717) is 29.2 Å². The van der Waals surface area contributed by atoms with Crippen molar-refractivity contribution in [1.82, 2.24) is 0 Å². The number of aromatic hydroxyl groups is 1. The standard InChI is InChI=1S/C17H20N4O2.ClH/c1-11-15(23-10-13-6-4-3-5-7-13)9-8-14(16(11)22)12(2)20-21-17(18)19;/h3-9,22H,10H2,1-2H3,(H4,18,19,21);1H. The molecule has 24 heavy (non-hydrogen) atoms. The quantitative estimate of drug-likeness (QED) is 0.438. The molecule has 0 aliphatic carbocycles. The number of nitrogens with zero attached hydrogens (tertiary/aromatic N) is 2. The molecule has 0 unspecified atom stereocenters. The Balaban J connectivity index is 0.00000288. The van der Waals surface area contributed by atoms with E-state index in [1.165, 1.54) is 0 Å². The molecule has 0 radical (unpaired) electrons. The highest BCUT2D eigenvalue weighted by Crippen LogP contribution is 2.31. The van der Waals surface area contributed by atoms with Crippen LogP contribution in [-0.2, 0) is 6.61 Å². The lowest BCUT2D eigenvalue weighted by Gasteiger charge is -2.13. The molecule has 0 aromatic heterocycles. The Kier molecular flexibility index (Phi) is 7.07. The largest absolute Gasteiger partial charge is 0.507 e. The van der Waals surface area contributed by atoms with Crippen molar-refractivity contribution in [3.63, 3.8) is 0 Å². The Morgan fingerprint density at radius 1 is 1.08 bits per heavy atom. The predicted octanol–water partition coefficient (Wildman–Crippen LogP) is 2.70. The van der Waals surface area contributed by atoms with E-state index in [-0.39, 0.29) is 24.1 Å². The fourth-order valence-electron chi connectivity index (χ4n) is 2.05. The van der Waals surface area contributed by atoms with Gasteiger partial charge >= 0.3 is 0 Å². The molecular weight excluding hydrogens is 328 g/mol. The zero-order chi connectivity index (χ0) is 16.8. The molecule has 0 saturated carbocycles. The SMILES string of the molecule is CC(=NN=C(N)N)c1ccc(OCc2ccccc2)c(C)c1O.Cl. The predicted molar refractivity (Wildman–Crippen MR) is 98.9 cm³/mol. The first-order valence-electron chi connectivity index (χ1n) is 7.12. The van der Waals surface area contributed by atoms with Gasteiger partial charge in [0.05, 0.1) is 5.71 Å². The number of hydrogen-bond donors (Lipinski definition) is 3. The molecule has 2 aromatic rings. The molecule has 0 atom stereocenters. The van der Waals surface area contributed by atoms with Crippen LogP contribution in [0.3, 0.4) is 0 Å². The second kappa shape index (κ2) is 8.79. The zero-order valence-corrected chi connectivity index (χ0v) is 14.4. The van der Waals surface area contributed by atoms with Gasteiger partial charge in [0.15, 0.2) is 0 Å². The van der Waals surface area contributed by atoms with Crippen molar-refractivity contribution in [1.29, 1.82) is 0 Å². The van der Waals surface area contributed by atoms with Gasteiger partial charge < -0.3 is 21.3 Å². The second-order valence-electron chi connectivity index (χ2n) is 5.07. The third-order valence-corrected chi connectivity index (χ3v) is 3.32. The average molecular weight is 349 g/mol. The highest BCUT2D eigenvalue weighted by atomic mass is 35.5. The fourth-order valence-corrected chi connectivity index (χ4v) is 2.05. The van der Waals surface area contributed by atoms with Gasteiger partial charge in [-0.25, -0.2) is 0 Å². The first-order chi connectivity index (χ1) is 11.0. The average Bonchev–Trinajstić information content (AvgIpc) is 2.55. The summed E-state index contributed by atoms with van der Waals surface area (Å²) < 4.78 is 5.77. The zero-order valence-electron chi connectivity index (χ0n) is 13.6. The molecular formula is C17H21ClN4O2. The summed E-state index contributed by atoms with van der Waals surface area (Å²) in [5.74, 6) is 0.579. The molecule has 2 aromatic carbocycles. The first-order valence-corrected chi connectivity index (χ1v) is 7.12. The topological polar surface area (TPSA) is 106 Å². The summed E-state index contributed by atoms with van der Waals surface area (Å²) in [6.45, 7) is 3.93. The summed E-state index contributed by atoms with van der Waals surface area (Å²) in [5.41, 5.74) is 13.2. The normalized spacial score (nSPS) is 10.7. The Hall–Kier alpha value is -2.73. The number of phenols is 1.